The number of carbonyl (C=O) groups excluding carboxylic acids is 1. The summed E-state index contributed by atoms with van der Waals surface area (Å²) in [5.41, 5.74) is 0.949. The van der Waals surface area contributed by atoms with Gasteiger partial charge in [-0.05, 0) is 30.5 Å². The molecule has 4 nitrogen and oxygen atoms in total. The van der Waals surface area contributed by atoms with Crippen LogP contribution in [0.1, 0.15) is 76.7 Å². The molecule has 1 aromatic carbocycles. The molecule has 0 heterocycles. The van der Waals surface area contributed by atoms with Crippen LogP contribution in [0, 0.1) is 0 Å². The number of methoxy groups -OCH3 is 1. The van der Waals surface area contributed by atoms with Crippen molar-refractivity contribution < 1.29 is 19.7 Å². The zero-order valence-corrected chi connectivity index (χ0v) is 15.8. The zero-order valence-electron chi connectivity index (χ0n) is 15.8. The minimum Gasteiger partial charge on any atom is -0.504 e. The Labute approximate surface area is 152 Å². The molecule has 142 valence electrons. The standard InChI is InChI=1S/C21H34O4/c1-3-4-5-6-7-8-9-10-18(22)16-19(23)13-11-17-12-14-20(24)21(15-17)25-2/h12,14-15,18,22,24H,3-11,13,16H2,1-2H3/t18-/m1/s1. The van der Waals surface area contributed by atoms with Gasteiger partial charge in [-0.3, -0.25) is 4.79 Å². The van der Waals surface area contributed by atoms with Crippen LogP contribution in [0.2, 0.25) is 0 Å². The number of benzene rings is 1. The lowest BCUT2D eigenvalue weighted by molar-refractivity contribution is -0.121. The van der Waals surface area contributed by atoms with Crippen LogP contribution in [-0.2, 0) is 11.2 Å². The molecule has 1 aromatic rings. The SMILES string of the molecule is CCCCCCCCC[C@@H](O)CC(=O)CCc1ccc(O)c(OC)c1. The molecular weight excluding hydrogens is 316 g/mol. The largest absolute Gasteiger partial charge is 0.504 e. The zero-order chi connectivity index (χ0) is 18.5. The van der Waals surface area contributed by atoms with E-state index in [2.05, 4.69) is 6.92 Å². The number of carbonyl (C=O) groups is 1. The van der Waals surface area contributed by atoms with E-state index in [1.807, 2.05) is 0 Å². The van der Waals surface area contributed by atoms with Gasteiger partial charge in [0.1, 0.15) is 5.78 Å². The second-order valence-corrected chi connectivity index (χ2v) is 6.81. The summed E-state index contributed by atoms with van der Waals surface area (Å²) in [6.07, 6.45) is 9.96. The number of ketones is 1. The molecule has 0 aliphatic carbocycles. The second-order valence-electron chi connectivity index (χ2n) is 6.81. The maximum absolute atomic E-state index is 12.0. The first-order chi connectivity index (χ1) is 12.1. The summed E-state index contributed by atoms with van der Waals surface area (Å²) in [6.45, 7) is 2.21. The first-order valence-corrected chi connectivity index (χ1v) is 9.62. The highest BCUT2D eigenvalue weighted by Gasteiger charge is 2.11. The van der Waals surface area contributed by atoms with E-state index in [-0.39, 0.29) is 18.0 Å². The Hall–Kier alpha value is -1.55. The number of aromatic hydroxyl groups is 1. The summed E-state index contributed by atoms with van der Waals surface area (Å²) < 4.78 is 5.07. The number of phenols is 1. The molecule has 0 bridgehead atoms. The number of hydrogen-bond acceptors (Lipinski definition) is 4. The Balaban J connectivity index is 2.16. The van der Waals surface area contributed by atoms with Gasteiger partial charge in [-0.25, -0.2) is 0 Å². The number of ether oxygens (including phenoxy) is 1. The number of hydrogen-bond donors (Lipinski definition) is 2. The van der Waals surface area contributed by atoms with Crippen molar-refractivity contribution in [1.82, 2.24) is 0 Å². The van der Waals surface area contributed by atoms with Crippen molar-refractivity contribution in [3.05, 3.63) is 23.8 Å². The van der Waals surface area contributed by atoms with Gasteiger partial charge in [0.05, 0.1) is 13.2 Å². The van der Waals surface area contributed by atoms with Crippen molar-refractivity contribution >= 4 is 5.78 Å². The van der Waals surface area contributed by atoms with Gasteiger partial charge < -0.3 is 14.9 Å². The third-order valence-corrected chi connectivity index (χ3v) is 4.54. The molecule has 0 saturated heterocycles. The number of aliphatic hydroxyl groups is 1. The lowest BCUT2D eigenvalue weighted by Crippen LogP contribution is -2.14. The summed E-state index contributed by atoms with van der Waals surface area (Å²) in [4.78, 5) is 12.0. The monoisotopic (exact) mass is 350 g/mol. The van der Waals surface area contributed by atoms with Gasteiger partial charge in [0.15, 0.2) is 11.5 Å². The number of aryl methyl sites for hydroxylation is 1. The Morgan fingerprint density at radius 2 is 1.80 bits per heavy atom. The highest BCUT2D eigenvalue weighted by atomic mass is 16.5. The van der Waals surface area contributed by atoms with E-state index in [1.165, 1.54) is 39.2 Å². The average Bonchev–Trinajstić information content (AvgIpc) is 2.60. The van der Waals surface area contributed by atoms with E-state index in [1.54, 1.807) is 18.2 Å². The highest BCUT2D eigenvalue weighted by molar-refractivity contribution is 5.79. The van der Waals surface area contributed by atoms with Crippen LogP contribution in [0.15, 0.2) is 18.2 Å². The predicted molar refractivity (Wildman–Crippen MR) is 101 cm³/mol. The number of Topliss-reactive ketones (excluding diaryl/α,β-unsaturated/α-hetero) is 1. The minimum absolute atomic E-state index is 0.0856. The maximum atomic E-state index is 12.0. The molecule has 2 N–H and O–H groups in total. The van der Waals surface area contributed by atoms with Crippen molar-refractivity contribution in [3.63, 3.8) is 0 Å². The summed E-state index contributed by atoms with van der Waals surface area (Å²) in [7, 11) is 1.50. The van der Waals surface area contributed by atoms with Crippen LogP contribution in [0.3, 0.4) is 0 Å². The van der Waals surface area contributed by atoms with E-state index in [4.69, 9.17) is 4.74 Å². The third-order valence-electron chi connectivity index (χ3n) is 4.54. The summed E-state index contributed by atoms with van der Waals surface area (Å²) in [5.74, 6) is 0.606. The predicted octanol–water partition coefficient (Wildman–Crippen LogP) is 4.79. The topological polar surface area (TPSA) is 66.8 Å². The van der Waals surface area contributed by atoms with Crippen LogP contribution in [-0.4, -0.2) is 29.2 Å². The van der Waals surface area contributed by atoms with Crippen LogP contribution < -0.4 is 4.74 Å². The van der Waals surface area contributed by atoms with Crippen molar-refractivity contribution in [2.75, 3.05) is 7.11 Å². The maximum Gasteiger partial charge on any atom is 0.160 e. The molecule has 0 aromatic heterocycles. The van der Waals surface area contributed by atoms with E-state index < -0.39 is 6.10 Å². The van der Waals surface area contributed by atoms with E-state index in [0.29, 0.717) is 25.0 Å². The molecular formula is C21H34O4. The summed E-state index contributed by atoms with van der Waals surface area (Å²) >= 11 is 0. The van der Waals surface area contributed by atoms with Crippen molar-refractivity contribution in [3.8, 4) is 11.5 Å². The van der Waals surface area contributed by atoms with Crippen LogP contribution >= 0.6 is 0 Å². The van der Waals surface area contributed by atoms with Gasteiger partial charge in [-0.1, -0.05) is 57.9 Å². The first-order valence-electron chi connectivity index (χ1n) is 9.62. The molecule has 4 heteroatoms. The highest BCUT2D eigenvalue weighted by Crippen LogP contribution is 2.26. The number of phenolic OH excluding ortho intramolecular Hbond substituents is 1. The molecule has 0 radical (unpaired) electrons. The molecule has 1 atom stereocenters. The molecule has 0 amide bonds. The molecule has 25 heavy (non-hydrogen) atoms. The lowest BCUT2D eigenvalue weighted by atomic mass is 10.0. The fourth-order valence-electron chi connectivity index (χ4n) is 2.97. The van der Waals surface area contributed by atoms with Crippen molar-refractivity contribution in [2.24, 2.45) is 0 Å². The van der Waals surface area contributed by atoms with Gasteiger partial charge >= 0.3 is 0 Å². The minimum atomic E-state index is -0.516. The summed E-state index contributed by atoms with van der Waals surface area (Å²) in [5, 5.41) is 19.6. The Kier molecular flexibility index (Phi) is 11.0. The van der Waals surface area contributed by atoms with Crippen molar-refractivity contribution in [2.45, 2.75) is 83.7 Å². The van der Waals surface area contributed by atoms with E-state index in [9.17, 15) is 15.0 Å². The second kappa shape index (κ2) is 12.8. The van der Waals surface area contributed by atoms with Crippen LogP contribution in [0.25, 0.3) is 0 Å². The Morgan fingerprint density at radius 3 is 2.48 bits per heavy atom. The van der Waals surface area contributed by atoms with E-state index >= 15 is 0 Å². The average molecular weight is 350 g/mol. The number of rotatable bonds is 14. The normalized spacial score (nSPS) is 12.1. The Bertz CT molecular complexity index is 499. The fourth-order valence-corrected chi connectivity index (χ4v) is 2.97. The van der Waals surface area contributed by atoms with Gasteiger partial charge in [0, 0.05) is 12.8 Å². The first kappa shape index (κ1) is 21.5. The van der Waals surface area contributed by atoms with Gasteiger partial charge in [-0.15, -0.1) is 0 Å². The smallest absolute Gasteiger partial charge is 0.160 e. The summed E-state index contributed by atoms with van der Waals surface area (Å²) in [6, 6.07) is 5.12. The quantitative estimate of drug-likeness (QED) is 0.473. The molecule has 0 fully saturated rings. The molecule has 0 aliphatic rings. The van der Waals surface area contributed by atoms with E-state index in [0.717, 1.165) is 18.4 Å². The molecule has 0 aliphatic heterocycles. The van der Waals surface area contributed by atoms with Crippen LogP contribution in [0.5, 0.6) is 11.5 Å². The molecule has 0 saturated carbocycles. The fraction of sp³-hybridized carbons (Fsp3) is 0.667. The Morgan fingerprint density at radius 1 is 1.12 bits per heavy atom. The molecule has 0 unspecified atom stereocenters. The third kappa shape index (κ3) is 9.49. The van der Waals surface area contributed by atoms with Gasteiger partial charge in [0.25, 0.3) is 0 Å². The van der Waals surface area contributed by atoms with Crippen molar-refractivity contribution in [1.29, 1.82) is 0 Å². The lowest BCUT2D eigenvalue weighted by Gasteiger charge is -2.10. The van der Waals surface area contributed by atoms with Crippen LogP contribution in [0.4, 0.5) is 0 Å². The van der Waals surface area contributed by atoms with Gasteiger partial charge in [0.2, 0.25) is 0 Å². The van der Waals surface area contributed by atoms with Gasteiger partial charge in [-0.2, -0.15) is 0 Å². The molecule has 0 spiro atoms. The molecule has 1 rings (SSSR count). The number of aliphatic hydroxyl groups excluding tert-OH is 1. The number of unbranched alkanes of at least 4 members (excludes halogenated alkanes) is 6.